The van der Waals surface area contributed by atoms with E-state index in [1.54, 1.807) is 20.8 Å². The molecule has 0 aromatic heterocycles. The fourth-order valence-electron chi connectivity index (χ4n) is 3.96. The average Bonchev–Trinajstić information content (AvgIpc) is 3.44. The number of esters is 2. The summed E-state index contributed by atoms with van der Waals surface area (Å²) in [6.07, 6.45) is 2.89. The van der Waals surface area contributed by atoms with Crippen molar-refractivity contribution >= 4 is 24.1 Å². The summed E-state index contributed by atoms with van der Waals surface area (Å²) in [5, 5.41) is 2.83. The van der Waals surface area contributed by atoms with Crippen LogP contribution >= 0.6 is 0 Å². The lowest BCUT2D eigenvalue weighted by molar-refractivity contribution is -0.142. The molecule has 0 aromatic rings. The number of alkyl carbamates (subject to hydrolysis) is 1. The van der Waals surface area contributed by atoms with Crippen molar-refractivity contribution < 1.29 is 41.0 Å². The molecule has 2 rings (SSSR count). The molecular weight excluding hydrogens is 468 g/mol. The SMILES string of the molecule is C=C(C)C(=O)OCC(C)OC(=O)NCC1CC2CCC1C2.C=C(C)C(=O)OCC(C)OC(N)=O.CC.[HH].[HH]. The number of nitrogens with two attached hydrogens (primary N) is 1. The smallest absolute Gasteiger partial charge is 0.407 e. The van der Waals surface area contributed by atoms with Gasteiger partial charge in [-0.1, -0.05) is 33.4 Å². The Bertz CT molecular complexity index is 778. The zero-order valence-electron chi connectivity index (χ0n) is 22.6. The van der Waals surface area contributed by atoms with Crippen molar-refractivity contribution in [2.45, 2.75) is 79.4 Å². The van der Waals surface area contributed by atoms with E-state index in [0.717, 1.165) is 11.8 Å². The zero-order chi connectivity index (χ0) is 27.8. The number of carbonyl (C=O) groups excluding carboxylic acids is 4. The number of hydrogen-bond donors (Lipinski definition) is 2. The molecule has 5 atom stereocenters. The Balaban J connectivity index is -0.000000631. The fraction of sp³-hybridized carbons (Fsp3) is 0.692. The van der Waals surface area contributed by atoms with Crippen LogP contribution in [0.15, 0.2) is 24.3 Å². The summed E-state index contributed by atoms with van der Waals surface area (Å²) in [7, 11) is 0. The summed E-state index contributed by atoms with van der Waals surface area (Å²) < 4.78 is 19.3. The number of rotatable bonds is 10. The van der Waals surface area contributed by atoms with E-state index in [9.17, 15) is 19.2 Å². The molecule has 3 N–H and O–H groups in total. The molecule has 2 amide bonds. The molecule has 210 valence electrons. The Morgan fingerprint density at radius 1 is 0.917 bits per heavy atom. The van der Waals surface area contributed by atoms with Crippen LogP contribution in [0.2, 0.25) is 0 Å². The number of primary amides is 1. The molecule has 2 fully saturated rings. The molecule has 0 aliphatic heterocycles. The maximum absolute atomic E-state index is 11.7. The van der Waals surface area contributed by atoms with Crippen LogP contribution < -0.4 is 11.1 Å². The monoisotopic (exact) mass is 516 g/mol. The number of carbonyl (C=O) groups is 4. The Morgan fingerprint density at radius 2 is 1.42 bits per heavy atom. The van der Waals surface area contributed by atoms with E-state index in [2.05, 4.69) is 23.2 Å². The molecule has 2 aliphatic rings. The van der Waals surface area contributed by atoms with Crippen LogP contribution in [0.25, 0.3) is 0 Å². The molecule has 2 bridgehead atoms. The molecule has 0 spiro atoms. The summed E-state index contributed by atoms with van der Waals surface area (Å²) in [5.74, 6) is 1.28. The maximum Gasteiger partial charge on any atom is 0.407 e. The van der Waals surface area contributed by atoms with Crippen molar-refractivity contribution in [1.29, 1.82) is 0 Å². The molecule has 10 heteroatoms. The number of fused-ring (bicyclic) bond motifs is 2. The van der Waals surface area contributed by atoms with Crippen LogP contribution in [-0.4, -0.2) is 56.1 Å². The number of ether oxygens (including phenoxy) is 4. The van der Waals surface area contributed by atoms with Crippen molar-refractivity contribution in [1.82, 2.24) is 5.32 Å². The lowest BCUT2D eigenvalue weighted by Crippen LogP contribution is -2.35. The summed E-state index contributed by atoms with van der Waals surface area (Å²) in [6.45, 7) is 18.0. The maximum atomic E-state index is 11.7. The largest absolute Gasteiger partial charge is 0.458 e. The third kappa shape index (κ3) is 13.7. The van der Waals surface area contributed by atoms with E-state index in [1.807, 2.05) is 13.8 Å². The Hall–Kier alpha value is -3.04. The number of nitrogens with one attached hydrogen (secondary N) is 1. The van der Waals surface area contributed by atoms with Gasteiger partial charge in [-0.25, -0.2) is 19.2 Å². The lowest BCUT2D eigenvalue weighted by Gasteiger charge is -2.22. The Labute approximate surface area is 217 Å². The molecule has 2 saturated carbocycles. The van der Waals surface area contributed by atoms with Crippen molar-refractivity contribution in [3.63, 3.8) is 0 Å². The minimum atomic E-state index is -0.890. The molecule has 36 heavy (non-hydrogen) atoms. The van der Waals surface area contributed by atoms with Gasteiger partial charge in [-0.2, -0.15) is 0 Å². The predicted octanol–water partition coefficient (Wildman–Crippen LogP) is 4.76. The van der Waals surface area contributed by atoms with Crippen LogP contribution in [0.4, 0.5) is 9.59 Å². The van der Waals surface area contributed by atoms with Crippen molar-refractivity contribution in [3.05, 3.63) is 24.3 Å². The first-order valence-corrected chi connectivity index (χ1v) is 12.4. The van der Waals surface area contributed by atoms with Crippen LogP contribution in [0, 0.1) is 17.8 Å². The normalized spacial score (nSPS) is 20.7. The van der Waals surface area contributed by atoms with Crippen LogP contribution in [0.5, 0.6) is 0 Å². The van der Waals surface area contributed by atoms with Gasteiger partial charge in [0.25, 0.3) is 0 Å². The van der Waals surface area contributed by atoms with Crippen LogP contribution in [0.1, 0.15) is 70.1 Å². The number of amides is 2. The van der Waals surface area contributed by atoms with E-state index in [4.69, 9.17) is 19.9 Å². The fourth-order valence-corrected chi connectivity index (χ4v) is 3.96. The Morgan fingerprint density at radius 3 is 1.81 bits per heavy atom. The molecular formula is C26H48N2O8. The van der Waals surface area contributed by atoms with Gasteiger partial charge in [-0.15, -0.1) is 0 Å². The second-order valence-electron chi connectivity index (χ2n) is 9.04. The van der Waals surface area contributed by atoms with E-state index in [1.165, 1.54) is 32.6 Å². The Kier molecular flexibility index (Phi) is 15.9. The first-order chi connectivity index (χ1) is 16.9. The quantitative estimate of drug-likeness (QED) is 0.240. The minimum absolute atomic E-state index is 0. The highest BCUT2D eigenvalue weighted by Gasteiger charge is 2.39. The third-order valence-corrected chi connectivity index (χ3v) is 5.61. The predicted molar refractivity (Wildman–Crippen MR) is 140 cm³/mol. The molecule has 5 unspecified atom stereocenters. The zero-order valence-corrected chi connectivity index (χ0v) is 22.6. The van der Waals surface area contributed by atoms with Gasteiger partial charge in [-0.3, -0.25) is 0 Å². The first kappa shape index (κ1) is 33.0. The van der Waals surface area contributed by atoms with E-state index < -0.39 is 36.3 Å². The van der Waals surface area contributed by atoms with Gasteiger partial charge in [0.2, 0.25) is 0 Å². The van der Waals surface area contributed by atoms with E-state index in [-0.39, 0.29) is 16.1 Å². The van der Waals surface area contributed by atoms with Gasteiger partial charge in [0.05, 0.1) is 0 Å². The summed E-state index contributed by atoms with van der Waals surface area (Å²) in [4.78, 5) is 44.0. The van der Waals surface area contributed by atoms with Crippen molar-refractivity contribution in [2.75, 3.05) is 19.8 Å². The van der Waals surface area contributed by atoms with Gasteiger partial charge >= 0.3 is 24.1 Å². The standard InChI is InChI=1S/C16H25NO4.C8H13NO4.C2H6.2H2/c1-10(2)15(18)20-9-11(3)21-16(19)17-8-14-7-12-4-5-13(14)6-12;1-5(2)7(10)12-4-6(3)13-8(9)11;1-2;;/h11-14H,1,4-9H2,2-3H3,(H,17,19);6H,1,4H2,2-3H3,(H2,9,11);1-2H3;2*1H. The van der Waals surface area contributed by atoms with Gasteiger partial charge < -0.3 is 30.0 Å². The molecule has 2 aliphatic carbocycles. The second kappa shape index (κ2) is 17.4. The molecule has 10 nitrogen and oxygen atoms in total. The molecule has 0 aromatic carbocycles. The summed E-state index contributed by atoms with van der Waals surface area (Å²) in [6, 6.07) is 0. The molecule has 0 heterocycles. The third-order valence-electron chi connectivity index (χ3n) is 5.61. The van der Waals surface area contributed by atoms with Crippen LogP contribution in [0.3, 0.4) is 0 Å². The highest BCUT2D eigenvalue weighted by molar-refractivity contribution is 5.87. The topological polar surface area (TPSA) is 143 Å². The van der Waals surface area contributed by atoms with Crippen LogP contribution in [-0.2, 0) is 28.5 Å². The van der Waals surface area contributed by atoms with Gasteiger partial charge in [0, 0.05) is 20.5 Å². The first-order valence-electron chi connectivity index (χ1n) is 12.4. The molecule has 0 radical (unpaired) electrons. The summed E-state index contributed by atoms with van der Waals surface area (Å²) >= 11 is 0. The van der Waals surface area contributed by atoms with Crippen molar-refractivity contribution in [3.8, 4) is 0 Å². The lowest BCUT2D eigenvalue weighted by atomic mass is 9.89. The van der Waals surface area contributed by atoms with Crippen molar-refractivity contribution in [2.24, 2.45) is 23.5 Å². The highest BCUT2D eigenvalue weighted by Crippen LogP contribution is 2.47. The van der Waals surface area contributed by atoms with E-state index in [0.29, 0.717) is 23.6 Å². The molecule has 0 saturated heterocycles. The van der Waals surface area contributed by atoms with E-state index >= 15 is 0 Å². The second-order valence-corrected chi connectivity index (χ2v) is 9.04. The van der Waals surface area contributed by atoms with Gasteiger partial charge in [0.1, 0.15) is 25.4 Å². The van der Waals surface area contributed by atoms with Gasteiger partial charge in [0.15, 0.2) is 0 Å². The van der Waals surface area contributed by atoms with Gasteiger partial charge in [-0.05, 0) is 64.7 Å². The summed E-state index contributed by atoms with van der Waals surface area (Å²) in [5.41, 5.74) is 5.37. The minimum Gasteiger partial charge on any atom is -0.458 e. The highest BCUT2D eigenvalue weighted by atomic mass is 16.6. The number of hydrogen-bond acceptors (Lipinski definition) is 8. The average molecular weight is 517 g/mol.